The minimum atomic E-state index is -0.280. The van der Waals surface area contributed by atoms with Gasteiger partial charge < -0.3 is 9.64 Å². The van der Waals surface area contributed by atoms with Crippen molar-refractivity contribution in [3.8, 4) is 11.9 Å². The molecule has 1 aliphatic heterocycles. The van der Waals surface area contributed by atoms with Crippen LogP contribution < -0.4 is 4.74 Å². The van der Waals surface area contributed by atoms with Crippen LogP contribution in [0.5, 0.6) is 5.88 Å². The summed E-state index contributed by atoms with van der Waals surface area (Å²) in [4.78, 5) is 18.8. The van der Waals surface area contributed by atoms with Gasteiger partial charge in [0.2, 0.25) is 11.8 Å². The number of nitriles is 1. The maximum absolute atomic E-state index is 12.8. The lowest BCUT2D eigenvalue weighted by Gasteiger charge is -2.24. The van der Waals surface area contributed by atoms with Gasteiger partial charge in [0.15, 0.2) is 0 Å². The first-order valence-corrected chi connectivity index (χ1v) is 9.48. The quantitative estimate of drug-likeness (QED) is 0.694. The molecule has 1 unspecified atom stereocenters. The van der Waals surface area contributed by atoms with Crippen molar-refractivity contribution < 1.29 is 9.53 Å². The van der Waals surface area contributed by atoms with Gasteiger partial charge in [0.1, 0.15) is 12.2 Å². The highest BCUT2D eigenvalue weighted by Gasteiger charge is 2.27. The van der Waals surface area contributed by atoms with E-state index in [0.29, 0.717) is 37.5 Å². The molecule has 0 spiro atoms. The maximum Gasteiger partial charge on any atom is 0.227 e. The number of ether oxygens (including phenoxy) is 1. The van der Waals surface area contributed by atoms with Crippen LogP contribution in [-0.4, -0.2) is 38.2 Å². The summed E-state index contributed by atoms with van der Waals surface area (Å²) in [6, 6.07) is 9.27. The van der Waals surface area contributed by atoms with Gasteiger partial charge in [0.05, 0.1) is 37.3 Å². The number of fused-ring (bicyclic) bond motifs is 1. The first kappa shape index (κ1) is 17.2. The number of amides is 1. The number of hydrogen-bond acceptors (Lipinski definition) is 6. The molecule has 3 aromatic heterocycles. The summed E-state index contributed by atoms with van der Waals surface area (Å²) < 4.78 is 7.87. The number of thiophene rings is 1. The molecule has 7 nitrogen and oxygen atoms in total. The first-order chi connectivity index (χ1) is 13.2. The number of hydrogen-bond donors (Lipinski definition) is 0. The topological polar surface area (TPSA) is 84.0 Å². The van der Waals surface area contributed by atoms with Crippen molar-refractivity contribution in [2.45, 2.75) is 25.6 Å². The van der Waals surface area contributed by atoms with E-state index in [-0.39, 0.29) is 12.0 Å². The third kappa shape index (κ3) is 3.99. The Hall–Kier alpha value is -3.18. The van der Waals surface area contributed by atoms with Crippen molar-refractivity contribution in [2.75, 3.05) is 6.54 Å². The highest BCUT2D eigenvalue weighted by molar-refractivity contribution is 7.08. The van der Waals surface area contributed by atoms with E-state index in [4.69, 9.17) is 10.00 Å². The van der Waals surface area contributed by atoms with Gasteiger partial charge in [-0.3, -0.25) is 9.48 Å². The molecule has 136 valence electrons. The molecule has 4 heterocycles. The zero-order chi connectivity index (χ0) is 18.6. The van der Waals surface area contributed by atoms with Crippen LogP contribution in [-0.2, 0) is 24.3 Å². The predicted octanol–water partition coefficient (Wildman–Crippen LogP) is 2.24. The third-order valence-electron chi connectivity index (χ3n) is 4.40. The standard InChI is InChI=1S/C19H17N5O2S/c20-8-15-1-2-18(21-9-15)26-17-11-23(10-16-3-5-22-24(16)12-17)19(25)7-14-4-6-27-13-14/h1-6,9,13,17H,7,10-12H2. The third-order valence-corrected chi connectivity index (χ3v) is 5.13. The monoisotopic (exact) mass is 379 g/mol. The number of carbonyl (C=O) groups excluding carboxylic acids is 1. The normalized spacial score (nSPS) is 16.3. The van der Waals surface area contributed by atoms with Crippen LogP contribution in [0, 0.1) is 11.3 Å². The van der Waals surface area contributed by atoms with Crippen LogP contribution >= 0.6 is 11.3 Å². The first-order valence-electron chi connectivity index (χ1n) is 8.53. The van der Waals surface area contributed by atoms with Crippen molar-refractivity contribution in [2.24, 2.45) is 0 Å². The summed E-state index contributed by atoms with van der Waals surface area (Å²) in [5.74, 6) is 0.490. The van der Waals surface area contributed by atoms with E-state index >= 15 is 0 Å². The SMILES string of the molecule is N#Cc1ccc(OC2CN(C(=O)Cc3ccsc3)Cc3ccnn3C2)nc1. The molecule has 0 N–H and O–H groups in total. The Morgan fingerprint density at radius 1 is 1.33 bits per heavy atom. The molecule has 1 atom stereocenters. The van der Waals surface area contributed by atoms with E-state index in [1.54, 1.807) is 29.7 Å². The van der Waals surface area contributed by atoms with Gasteiger partial charge in [0.25, 0.3) is 0 Å². The Morgan fingerprint density at radius 2 is 2.26 bits per heavy atom. The molecule has 0 saturated carbocycles. The van der Waals surface area contributed by atoms with Crippen LogP contribution in [0.15, 0.2) is 47.4 Å². The molecule has 0 aromatic carbocycles. The lowest BCUT2D eigenvalue weighted by atomic mass is 10.2. The van der Waals surface area contributed by atoms with Crippen LogP contribution in [0.25, 0.3) is 0 Å². The number of rotatable bonds is 4. The maximum atomic E-state index is 12.8. The van der Waals surface area contributed by atoms with Gasteiger partial charge in [-0.2, -0.15) is 21.7 Å². The van der Waals surface area contributed by atoms with E-state index in [1.807, 2.05) is 38.5 Å². The Balaban J connectivity index is 1.52. The molecule has 8 heteroatoms. The van der Waals surface area contributed by atoms with Gasteiger partial charge in [-0.1, -0.05) is 0 Å². The zero-order valence-corrected chi connectivity index (χ0v) is 15.3. The molecule has 0 saturated heterocycles. The minimum Gasteiger partial charge on any atom is -0.470 e. The lowest BCUT2D eigenvalue weighted by Crippen LogP contribution is -2.39. The molecular formula is C19H17N5O2S. The average Bonchev–Trinajstić information content (AvgIpc) is 3.31. The lowest BCUT2D eigenvalue weighted by molar-refractivity contribution is -0.132. The Kier molecular flexibility index (Phi) is 4.85. The smallest absolute Gasteiger partial charge is 0.227 e. The molecule has 1 amide bonds. The second kappa shape index (κ2) is 7.60. The second-order valence-electron chi connectivity index (χ2n) is 6.32. The summed E-state index contributed by atoms with van der Waals surface area (Å²) in [6.07, 6.45) is 3.31. The highest BCUT2D eigenvalue weighted by atomic mass is 32.1. The van der Waals surface area contributed by atoms with E-state index in [1.165, 1.54) is 6.20 Å². The predicted molar refractivity (Wildman–Crippen MR) is 99.0 cm³/mol. The fourth-order valence-electron chi connectivity index (χ4n) is 3.05. The van der Waals surface area contributed by atoms with E-state index < -0.39 is 0 Å². The van der Waals surface area contributed by atoms with Crippen LogP contribution in [0.2, 0.25) is 0 Å². The highest BCUT2D eigenvalue weighted by Crippen LogP contribution is 2.18. The largest absolute Gasteiger partial charge is 0.470 e. The van der Waals surface area contributed by atoms with Gasteiger partial charge in [-0.25, -0.2) is 4.98 Å². The van der Waals surface area contributed by atoms with Crippen molar-refractivity contribution >= 4 is 17.2 Å². The summed E-state index contributed by atoms with van der Waals surface area (Å²) in [6.45, 7) is 1.49. The number of pyridine rings is 1. The number of nitrogens with zero attached hydrogens (tertiary/aromatic N) is 5. The van der Waals surface area contributed by atoms with Gasteiger partial charge in [-0.05, 0) is 34.5 Å². The van der Waals surface area contributed by atoms with Gasteiger partial charge in [0, 0.05) is 18.5 Å². The van der Waals surface area contributed by atoms with Gasteiger partial charge in [-0.15, -0.1) is 0 Å². The Morgan fingerprint density at radius 3 is 3.00 bits per heavy atom. The second-order valence-corrected chi connectivity index (χ2v) is 7.10. The Labute approximate surface area is 160 Å². The summed E-state index contributed by atoms with van der Waals surface area (Å²) in [7, 11) is 0. The molecule has 0 bridgehead atoms. The van der Waals surface area contributed by atoms with Crippen LogP contribution in [0.3, 0.4) is 0 Å². The molecule has 0 aliphatic carbocycles. The van der Waals surface area contributed by atoms with Crippen LogP contribution in [0.1, 0.15) is 16.8 Å². The van der Waals surface area contributed by atoms with E-state index in [0.717, 1.165) is 11.3 Å². The van der Waals surface area contributed by atoms with Crippen molar-refractivity contribution in [1.29, 1.82) is 5.26 Å². The van der Waals surface area contributed by atoms with Crippen LogP contribution in [0.4, 0.5) is 0 Å². The molecule has 0 fully saturated rings. The number of aromatic nitrogens is 3. The summed E-state index contributed by atoms with van der Waals surface area (Å²) in [5, 5.41) is 17.2. The van der Waals surface area contributed by atoms with Crippen molar-refractivity contribution in [3.63, 3.8) is 0 Å². The van der Waals surface area contributed by atoms with E-state index in [2.05, 4.69) is 10.1 Å². The molecule has 4 rings (SSSR count). The fourth-order valence-corrected chi connectivity index (χ4v) is 3.72. The van der Waals surface area contributed by atoms with E-state index in [9.17, 15) is 4.79 Å². The number of carbonyl (C=O) groups is 1. The molecule has 1 aliphatic rings. The summed E-state index contributed by atoms with van der Waals surface area (Å²) in [5.41, 5.74) is 2.48. The van der Waals surface area contributed by atoms with Gasteiger partial charge >= 0.3 is 0 Å². The van der Waals surface area contributed by atoms with Crippen molar-refractivity contribution in [1.82, 2.24) is 19.7 Å². The fraction of sp³-hybridized carbons (Fsp3) is 0.263. The summed E-state index contributed by atoms with van der Waals surface area (Å²) >= 11 is 1.59. The minimum absolute atomic E-state index is 0.0597. The van der Waals surface area contributed by atoms with Crippen molar-refractivity contribution in [3.05, 3.63) is 64.2 Å². The molecule has 27 heavy (non-hydrogen) atoms. The average molecular weight is 379 g/mol. The molecular weight excluding hydrogens is 362 g/mol. The molecule has 0 radical (unpaired) electrons. The molecule has 3 aromatic rings. The Bertz CT molecular complexity index is 959. The zero-order valence-electron chi connectivity index (χ0n) is 14.5.